The molecule has 0 radical (unpaired) electrons. The van der Waals surface area contributed by atoms with Crippen LogP contribution in [-0.4, -0.2) is 28.1 Å². The van der Waals surface area contributed by atoms with Gasteiger partial charge in [0.15, 0.2) is 0 Å². The summed E-state index contributed by atoms with van der Waals surface area (Å²) in [7, 11) is 1.74. The second-order valence-corrected chi connectivity index (χ2v) is 6.62. The van der Waals surface area contributed by atoms with Crippen LogP contribution in [0.4, 0.5) is 0 Å². The van der Waals surface area contributed by atoms with Crippen molar-refractivity contribution in [3.8, 4) is 0 Å². The molecule has 3 aromatic rings. The number of hydrogen-bond donors (Lipinski definition) is 0. The van der Waals surface area contributed by atoms with Gasteiger partial charge in [-0.15, -0.1) is 10.2 Å². The highest BCUT2D eigenvalue weighted by Gasteiger charge is 2.21. The first-order valence-corrected chi connectivity index (χ1v) is 8.74. The van der Waals surface area contributed by atoms with Crippen molar-refractivity contribution in [3.05, 3.63) is 82.5 Å². The van der Waals surface area contributed by atoms with Gasteiger partial charge in [-0.05, 0) is 23.3 Å². The summed E-state index contributed by atoms with van der Waals surface area (Å²) in [4.78, 5) is 14.4. The van der Waals surface area contributed by atoms with Crippen molar-refractivity contribution in [1.29, 1.82) is 0 Å². The highest BCUT2D eigenvalue weighted by atomic mass is 35.5. The lowest BCUT2D eigenvalue weighted by Crippen LogP contribution is -2.28. The molecule has 5 nitrogen and oxygen atoms in total. The largest absolute Gasteiger partial charge is 0.424 e. The summed E-state index contributed by atoms with van der Waals surface area (Å²) in [6, 6.07) is 17.6. The van der Waals surface area contributed by atoms with Crippen LogP contribution >= 0.6 is 11.6 Å². The van der Waals surface area contributed by atoms with E-state index in [-0.39, 0.29) is 18.4 Å². The van der Waals surface area contributed by atoms with E-state index in [9.17, 15) is 4.79 Å². The Kier molecular flexibility index (Phi) is 5.68. The van der Waals surface area contributed by atoms with Crippen LogP contribution in [0.2, 0.25) is 5.02 Å². The topological polar surface area (TPSA) is 59.2 Å². The van der Waals surface area contributed by atoms with Crippen molar-refractivity contribution >= 4 is 17.5 Å². The average molecular weight is 370 g/mol. The van der Waals surface area contributed by atoms with Gasteiger partial charge >= 0.3 is 0 Å². The van der Waals surface area contributed by atoms with E-state index in [4.69, 9.17) is 16.0 Å². The molecule has 0 saturated heterocycles. The maximum absolute atomic E-state index is 12.8. The summed E-state index contributed by atoms with van der Waals surface area (Å²) in [6.07, 6.45) is 0.327. The Hall–Kier alpha value is -2.66. The lowest BCUT2D eigenvalue weighted by atomic mass is 9.88. The zero-order chi connectivity index (χ0) is 18.5. The molecule has 0 fully saturated rings. The third kappa shape index (κ3) is 4.49. The van der Waals surface area contributed by atoms with Crippen molar-refractivity contribution in [2.75, 3.05) is 7.05 Å². The molecule has 0 aliphatic carbocycles. The third-order valence-electron chi connectivity index (χ3n) is 4.20. The van der Waals surface area contributed by atoms with Crippen LogP contribution in [0.3, 0.4) is 0 Å². The number of aromatic nitrogens is 2. The summed E-state index contributed by atoms with van der Waals surface area (Å²) in [5, 5.41) is 8.40. The number of carbonyl (C=O) groups excluding carboxylic acids is 1. The molecule has 0 spiro atoms. The first-order chi connectivity index (χ1) is 12.5. The zero-order valence-electron chi connectivity index (χ0n) is 14.7. The predicted molar refractivity (Wildman–Crippen MR) is 99.9 cm³/mol. The van der Waals surface area contributed by atoms with Crippen molar-refractivity contribution in [3.63, 3.8) is 0 Å². The SMILES string of the molecule is Cc1nnc(CN(C)C(=O)C[C@H](c2ccccc2)c2cccc(Cl)c2)o1. The monoisotopic (exact) mass is 369 g/mol. The highest BCUT2D eigenvalue weighted by molar-refractivity contribution is 6.30. The number of benzene rings is 2. The molecular weight excluding hydrogens is 350 g/mol. The summed E-state index contributed by atoms with van der Waals surface area (Å²) in [6.45, 7) is 2.01. The molecular formula is C20H20ClN3O2. The quantitative estimate of drug-likeness (QED) is 0.653. The minimum atomic E-state index is -0.0747. The van der Waals surface area contributed by atoms with Crippen LogP contribution in [0.15, 0.2) is 59.0 Å². The van der Waals surface area contributed by atoms with Crippen LogP contribution in [0.25, 0.3) is 0 Å². The molecule has 0 saturated carbocycles. The minimum Gasteiger partial charge on any atom is -0.424 e. The maximum Gasteiger partial charge on any atom is 0.235 e. The van der Waals surface area contributed by atoms with E-state index in [1.165, 1.54) is 0 Å². The van der Waals surface area contributed by atoms with Gasteiger partial charge in [0.1, 0.15) is 0 Å². The number of rotatable bonds is 6. The molecule has 26 heavy (non-hydrogen) atoms. The Morgan fingerprint density at radius 2 is 1.85 bits per heavy atom. The normalized spacial score (nSPS) is 12.0. The standard InChI is InChI=1S/C20H20ClN3O2/c1-14-22-23-19(26-14)13-24(2)20(25)12-18(15-7-4-3-5-8-15)16-9-6-10-17(21)11-16/h3-11,18H,12-13H2,1-2H3/t18-/m1/s1. The fourth-order valence-electron chi connectivity index (χ4n) is 2.86. The van der Waals surface area contributed by atoms with Crippen LogP contribution in [0.1, 0.15) is 35.2 Å². The lowest BCUT2D eigenvalue weighted by molar-refractivity contribution is -0.130. The van der Waals surface area contributed by atoms with Gasteiger partial charge in [-0.3, -0.25) is 4.79 Å². The molecule has 0 aliphatic rings. The number of aryl methyl sites for hydroxylation is 1. The van der Waals surface area contributed by atoms with Crippen LogP contribution in [0.5, 0.6) is 0 Å². The van der Waals surface area contributed by atoms with Gasteiger partial charge in [-0.1, -0.05) is 54.1 Å². The van der Waals surface area contributed by atoms with Crippen LogP contribution in [0, 0.1) is 6.92 Å². The Bertz CT molecular complexity index is 880. The Morgan fingerprint density at radius 3 is 2.50 bits per heavy atom. The predicted octanol–water partition coefficient (Wildman–Crippen LogP) is 4.21. The van der Waals surface area contributed by atoms with Gasteiger partial charge in [0, 0.05) is 31.3 Å². The molecule has 1 heterocycles. The van der Waals surface area contributed by atoms with E-state index in [0.717, 1.165) is 11.1 Å². The van der Waals surface area contributed by atoms with Gasteiger partial charge < -0.3 is 9.32 Å². The lowest BCUT2D eigenvalue weighted by Gasteiger charge is -2.22. The van der Waals surface area contributed by atoms with Crippen molar-refractivity contribution in [1.82, 2.24) is 15.1 Å². The first-order valence-electron chi connectivity index (χ1n) is 8.36. The number of halogens is 1. The van der Waals surface area contributed by atoms with Gasteiger partial charge in [-0.25, -0.2) is 0 Å². The summed E-state index contributed by atoms with van der Waals surface area (Å²) >= 11 is 6.16. The fourth-order valence-corrected chi connectivity index (χ4v) is 3.06. The summed E-state index contributed by atoms with van der Waals surface area (Å²) in [5.41, 5.74) is 2.09. The minimum absolute atomic E-state index is 0.00492. The van der Waals surface area contributed by atoms with Crippen molar-refractivity contribution in [2.45, 2.75) is 25.8 Å². The molecule has 0 N–H and O–H groups in total. The van der Waals surface area contributed by atoms with Crippen molar-refractivity contribution in [2.24, 2.45) is 0 Å². The zero-order valence-corrected chi connectivity index (χ0v) is 15.5. The molecule has 1 amide bonds. The van der Waals surface area contributed by atoms with Crippen LogP contribution < -0.4 is 0 Å². The molecule has 2 aromatic carbocycles. The number of carbonyl (C=O) groups is 1. The molecule has 6 heteroatoms. The molecule has 0 aliphatic heterocycles. The Morgan fingerprint density at radius 1 is 1.12 bits per heavy atom. The Labute approximate surface area is 157 Å². The number of hydrogen-bond acceptors (Lipinski definition) is 4. The average Bonchev–Trinajstić information content (AvgIpc) is 3.05. The van der Waals surface area contributed by atoms with E-state index >= 15 is 0 Å². The van der Waals surface area contributed by atoms with E-state index in [2.05, 4.69) is 10.2 Å². The van der Waals surface area contributed by atoms with E-state index in [0.29, 0.717) is 23.2 Å². The first kappa shape index (κ1) is 18.1. The van der Waals surface area contributed by atoms with Gasteiger partial charge in [0.25, 0.3) is 0 Å². The molecule has 0 bridgehead atoms. The highest BCUT2D eigenvalue weighted by Crippen LogP contribution is 2.30. The summed E-state index contributed by atoms with van der Waals surface area (Å²) < 4.78 is 5.36. The van der Waals surface area contributed by atoms with Crippen LogP contribution in [-0.2, 0) is 11.3 Å². The molecule has 1 atom stereocenters. The Balaban J connectivity index is 1.80. The molecule has 3 rings (SSSR count). The van der Waals surface area contributed by atoms with Gasteiger partial charge in [0.05, 0.1) is 6.54 Å². The van der Waals surface area contributed by atoms with E-state index < -0.39 is 0 Å². The number of amides is 1. The molecule has 0 unspecified atom stereocenters. The second kappa shape index (κ2) is 8.15. The third-order valence-corrected chi connectivity index (χ3v) is 4.43. The second-order valence-electron chi connectivity index (χ2n) is 6.19. The van der Waals surface area contributed by atoms with Gasteiger partial charge in [0.2, 0.25) is 17.7 Å². The molecule has 1 aromatic heterocycles. The summed E-state index contributed by atoms with van der Waals surface area (Å²) in [5.74, 6) is 0.836. The van der Waals surface area contributed by atoms with E-state index in [1.807, 2.05) is 54.6 Å². The van der Waals surface area contributed by atoms with Gasteiger partial charge in [-0.2, -0.15) is 0 Å². The maximum atomic E-state index is 12.8. The fraction of sp³-hybridized carbons (Fsp3) is 0.250. The van der Waals surface area contributed by atoms with Crippen molar-refractivity contribution < 1.29 is 9.21 Å². The molecule has 134 valence electrons. The number of nitrogens with zero attached hydrogens (tertiary/aromatic N) is 3. The van der Waals surface area contributed by atoms with E-state index in [1.54, 1.807) is 18.9 Å². The smallest absolute Gasteiger partial charge is 0.235 e.